The first-order valence-electron chi connectivity index (χ1n) is 6.16. The van der Waals surface area contributed by atoms with Crippen LogP contribution in [0.2, 0.25) is 0 Å². The fourth-order valence-electron chi connectivity index (χ4n) is 1.75. The van der Waals surface area contributed by atoms with Gasteiger partial charge in [-0.25, -0.2) is 4.18 Å². The van der Waals surface area contributed by atoms with Crippen LogP contribution in [0.1, 0.15) is 38.7 Å². The van der Waals surface area contributed by atoms with Crippen molar-refractivity contribution in [3.8, 4) is 0 Å². The topological polar surface area (TPSA) is 63.6 Å². The van der Waals surface area contributed by atoms with Crippen LogP contribution in [0, 0.1) is 0 Å². The molecule has 0 aliphatic rings. The summed E-state index contributed by atoms with van der Waals surface area (Å²) in [6.45, 7) is 3.37. The minimum atomic E-state index is -3.88. The number of aliphatic hydroxyl groups excluding tert-OH is 1. The third kappa shape index (κ3) is 4.40. The molecule has 1 atom stereocenters. The second-order valence-electron chi connectivity index (χ2n) is 4.21. The van der Waals surface area contributed by atoms with Crippen LogP contribution in [-0.4, -0.2) is 19.8 Å². The molecule has 0 radical (unpaired) electrons. The second-order valence-corrected chi connectivity index (χ2v) is 5.76. The predicted molar refractivity (Wildman–Crippen MR) is 69.6 cm³/mol. The maximum atomic E-state index is 11.9. The van der Waals surface area contributed by atoms with Gasteiger partial charge in [-0.05, 0) is 31.4 Å². The van der Waals surface area contributed by atoms with Crippen molar-refractivity contribution in [1.82, 2.24) is 0 Å². The molecule has 0 fully saturated rings. The molecule has 0 saturated heterocycles. The summed E-state index contributed by atoms with van der Waals surface area (Å²) in [4.78, 5) is 0.155. The third-order valence-corrected chi connectivity index (χ3v) is 4.03. The fraction of sp³-hybridized carbons (Fsp3) is 0.538. The van der Waals surface area contributed by atoms with Gasteiger partial charge in [-0.1, -0.05) is 38.0 Å². The summed E-state index contributed by atoms with van der Waals surface area (Å²) in [6.07, 6.45) is 2.45. The van der Waals surface area contributed by atoms with Crippen LogP contribution in [0.4, 0.5) is 0 Å². The van der Waals surface area contributed by atoms with Gasteiger partial charge in [0.1, 0.15) is 0 Å². The highest BCUT2D eigenvalue weighted by molar-refractivity contribution is 7.86. The maximum absolute atomic E-state index is 11.9. The Balaban J connectivity index is 2.94. The van der Waals surface area contributed by atoms with E-state index in [1.54, 1.807) is 12.1 Å². The van der Waals surface area contributed by atoms with Gasteiger partial charge in [-0.2, -0.15) is 8.42 Å². The normalized spacial score (nSPS) is 13.5. The van der Waals surface area contributed by atoms with E-state index in [0.717, 1.165) is 24.8 Å². The highest BCUT2D eigenvalue weighted by Gasteiger charge is 2.20. The van der Waals surface area contributed by atoms with Crippen molar-refractivity contribution >= 4 is 10.1 Å². The van der Waals surface area contributed by atoms with Crippen molar-refractivity contribution in [2.45, 2.75) is 50.7 Å². The Kier molecular flexibility index (Phi) is 5.78. The zero-order valence-corrected chi connectivity index (χ0v) is 11.6. The van der Waals surface area contributed by atoms with Gasteiger partial charge in [-0.15, -0.1) is 0 Å². The van der Waals surface area contributed by atoms with E-state index < -0.39 is 16.4 Å². The summed E-state index contributed by atoms with van der Waals surface area (Å²) in [5, 5.41) is 9.05. The van der Waals surface area contributed by atoms with Crippen molar-refractivity contribution in [3.63, 3.8) is 0 Å². The van der Waals surface area contributed by atoms with Gasteiger partial charge in [0, 0.05) is 0 Å². The van der Waals surface area contributed by atoms with Crippen LogP contribution >= 0.6 is 0 Å². The number of unbranched alkanes of at least 4 members (excludes halogenated alkanes) is 2. The molecule has 18 heavy (non-hydrogen) atoms. The summed E-state index contributed by atoms with van der Waals surface area (Å²) in [5.74, 6) is 0. The standard InChI is InChI=1S/C13H20O4S/c1-3-4-5-8-12-9-6-7-10-13(12)18(15,16)17-11(2)14/h6-7,9-11,14H,3-5,8H2,1-2H3. The van der Waals surface area contributed by atoms with Crippen LogP contribution in [0.3, 0.4) is 0 Å². The molecule has 102 valence electrons. The van der Waals surface area contributed by atoms with Crippen molar-refractivity contribution in [1.29, 1.82) is 0 Å². The van der Waals surface area contributed by atoms with E-state index in [9.17, 15) is 8.42 Å². The molecule has 5 heteroatoms. The molecule has 0 heterocycles. The summed E-state index contributed by atoms with van der Waals surface area (Å²) in [6, 6.07) is 6.76. The Bertz CT molecular complexity index is 466. The molecular weight excluding hydrogens is 252 g/mol. The molecule has 4 nitrogen and oxygen atoms in total. The third-order valence-electron chi connectivity index (χ3n) is 2.56. The van der Waals surface area contributed by atoms with Crippen LogP contribution in [0.25, 0.3) is 0 Å². The van der Waals surface area contributed by atoms with Gasteiger partial charge in [0.25, 0.3) is 10.1 Å². The molecular formula is C13H20O4S. The average Bonchev–Trinajstić information content (AvgIpc) is 2.28. The molecule has 0 saturated carbocycles. The molecule has 0 bridgehead atoms. The highest BCUT2D eigenvalue weighted by atomic mass is 32.2. The lowest BCUT2D eigenvalue weighted by atomic mass is 10.1. The second kappa shape index (κ2) is 6.87. The monoisotopic (exact) mass is 272 g/mol. The van der Waals surface area contributed by atoms with Crippen LogP contribution < -0.4 is 0 Å². The largest absolute Gasteiger partial charge is 0.367 e. The summed E-state index contributed by atoms with van der Waals surface area (Å²) in [5.41, 5.74) is 0.742. The summed E-state index contributed by atoms with van der Waals surface area (Å²) >= 11 is 0. The van der Waals surface area contributed by atoms with E-state index in [-0.39, 0.29) is 4.90 Å². The van der Waals surface area contributed by atoms with E-state index >= 15 is 0 Å². The number of rotatable bonds is 7. The van der Waals surface area contributed by atoms with E-state index in [2.05, 4.69) is 11.1 Å². The molecule has 1 N–H and O–H groups in total. The number of aliphatic hydroxyl groups is 1. The fourth-order valence-corrected chi connectivity index (χ4v) is 2.96. The Morgan fingerprint density at radius 2 is 1.94 bits per heavy atom. The molecule has 0 amide bonds. The minimum Gasteiger partial charge on any atom is -0.367 e. The number of hydrogen-bond donors (Lipinski definition) is 1. The molecule has 1 unspecified atom stereocenters. The number of aryl methyl sites for hydroxylation is 1. The van der Waals surface area contributed by atoms with E-state index in [1.807, 2.05) is 6.07 Å². The predicted octanol–water partition coefficient (Wildman–Crippen LogP) is 2.46. The summed E-state index contributed by atoms with van der Waals surface area (Å²) < 4.78 is 28.4. The first-order chi connectivity index (χ1) is 8.47. The van der Waals surface area contributed by atoms with Crippen LogP contribution in [0.15, 0.2) is 29.2 Å². The van der Waals surface area contributed by atoms with E-state index in [0.29, 0.717) is 6.42 Å². The highest BCUT2D eigenvalue weighted by Crippen LogP contribution is 2.20. The SMILES string of the molecule is CCCCCc1ccccc1S(=O)(=O)OC(C)O. The molecule has 0 spiro atoms. The van der Waals surface area contributed by atoms with E-state index in [1.165, 1.54) is 13.0 Å². The average molecular weight is 272 g/mol. The van der Waals surface area contributed by atoms with Crippen LogP contribution in [-0.2, 0) is 20.7 Å². The Labute approximate surface area is 109 Å². The van der Waals surface area contributed by atoms with Crippen LogP contribution in [0.5, 0.6) is 0 Å². The van der Waals surface area contributed by atoms with Gasteiger partial charge in [0.2, 0.25) is 0 Å². The molecule has 1 aromatic rings. The number of hydrogen-bond acceptors (Lipinski definition) is 4. The Morgan fingerprint density at radius 1 is 1.28 bits per heavy atom. The first kappa shape index (κ1) is 15.1. The quantitative estimate of drug-likeness (QED) is 0.470. The van der Waals surface area contributed by atoms with Crippen molar-refractivity contribution in [3.05, 3.63) is 29.8 Å². The van der Waals surface area contributed by atoms with Gasteiger partial charge in [-0.3, -0.25) is 0 Å². The van der Waals surface area contributed by atoms with Crippen molar-refractivity contribution in [2.24, 2.45) is 0 Å². The lowest BCUT2D eigenvalue weighted by Gasteiger charge is -2.11. The zero-order chi connectivity index (χ0) is 13.6. The molecule has 1 rings (SSSR count). The minimum absolute atomic E-state index is 0.155. The Hall–Kier alpha value is -0.910. The summed E-state index contributed by atoms with van der Waals surface area (Å²) in [7, 11) is -3.88. The molecule has 1 aromatic carbocycles. The zero-order valence-electron chi connectivity index (χ0n) is 10.8. The smallest absolute Gasteiger partial charge is 0.299 e. The van der Waals surface area contributed by atoms with E-state index in [4.69, 9.17) is 5.11 Å². The van der Waals surface area contributed by atoms with Crippen molar-refractivity contribution < 1.29 is 17.7 Å². The van der Waals surface area contributed by atoms with Gasteiger partial charge >= 0.3 is 0 Å². The first-order valence-corrected chi connectivity index (χ1v) is 7.57. The molecule has 0 aliphatic heterocycles. The molecule has 0 aliphatic carbocycles. The number of benzene rings is 1. The lowest BCUT2D eigenvalue weighted by molar-refractivity contribution is 0.00536. The molecule has 0 aromatic heterocycles. The van der Waals surface area contributed by atoms with Gasteiger partial charge < -0.3 is 5.11 Å². The van der Waals surface area contributed by atoms with Gasteiger partial charge in [0.15, 0.2) is 6.29 Å². The maximum Gasteiger partial charge on any atom is 0.299 e. The lowest BCUT2D eigenvalue weighted by Crippen LogP contribution is -2.16. The van der Waals surface area contributed by atoms with Crippen molar-refractivity contribution in [2.75, 3.05) is 0 Å². The Morgan fingerprint density at radius 3 is 2.56 bits per heavy atom. The van der Waals surface area contributed by atoms with Gasteiger partial charge in [0.05, 0.1) is 4.90 Å².